The summed E-state index contributed by atoms with van der Waals surface area (Å²) < 4.78 is 32.7. The molecule has 1 aliphatic carbocycles. The maximum atomic E-state index is 12.6. The van der Waals surface area contributed by atoms with Gasteiger partial charge in [-0.05, 0) is 57.2 Å². The number of nitrogens with one attached hydrogen (secondary N) is 1. The highest BCUT2D eigenvalue weighted by Gasteiger charge is 2.30. The second kappa shape index (κ2) is 8.53. The molecule has 1 aliphatic heterocycles. The van der Waals surface area contributed by atoms with Gasteiger partial charge in [-0.3, -0.25) is 9.36 Å². The van der Waals surface area contributed by atoms with Crippen molar-refractivity contribution in [2.75, 3.05) is 18.2 Å². The lowest BCUT2D eigenvalue weighted by atomic mass is 10.1. The average Bonchev–Trinajstić information content (AvgIpc) is 3.57. The van der Waals surface area contributed by atoms with Gasteiger partial charge in [-0.2, -0.15) is 0 Å². The smallest absolute Gasteiger partial charge is 0.177 e. The fourth-order valence-electron chi connectivity index (χ4n) is 4.45. The van der Waals surface area contributed by atoms with E-state index in [0.29, 0.717) is 34.8 Å². The van der Waals surface area contributed by atoms with Gasteiger partial charge < -0.3 is 10.1 Å². The molecule has 0 spiro atoms. The standard InChI is InChI=1S/C24H28N4O4S/c1-15-25-23-19(27-18-7-3-4-8-21(18)33(2,30)31)13-17(14-20(29)16-10-11-16)26-24(23)28(15)22-9-5-6-12-32-22/h3-4,7-8,13,16,22H,5-6,9-12,14H2,1-2H3,(H,26,27). The Labute approximate surface area is 193 Å². The van der Waals surface area contributed by atoms with Crippen molar-refractivity contribution in [1.82, 2.24) is 14.5 Å². The van der Waals surface area contributed by atoms with E-state index in [0.717, 1.165) is 37.9 Å². The molecule has 0 amide bonds. The third kappa shape index (κ3) is 4.52. The predicted molar refractivity (Wildman–Crippen MR) is 125 cm³/mol. The summed E-state index contributed by atoms with van der Waals surface area (Å²) in [7, 11) is -3.44. The molecule has 0 bridgehead atoms. The third-order valence-electron chi connectivity index (χ3n) is 6.27. The summed E-state index contributed by atoms with van der Waals surface area (Å²) in [4.78, 5) is 22.4. The number of para-hydroxylation sites is 1. The Morgan fingerprint density at radius 2 is 1.94 bits per heavy atom. The SMILES string of the molecule is Cc1nc2c(Nc3ccccc3S(C)(=O)=O)cc(CC(=O)C3CC3)nc2n1C1CCCCO1. The van der Waals surface area contributed by atoms with Gasteiger partial charge in [-0.1, -0.05) is 12.1 Å². The van der Waals surface area contributed by atoms with Crippen LogP contribution in [0, 0.1) is 12.8 Å². The lowest BCUT2D eigenvalue weighted by molar-refractivity contribution is -0.119. The molecule has 1 unspecified atom stereocenters. The largest absolute Gasteiger partial charge is 0.358 e. The first-order valence-electron chi connectivity index (χ1n) is 11.4. The van der Waals surface area contributed by atoms with E-state index in [1.807, 2.05) is 17.6 Å². The van der Waals surface area contributed by atoms with Gasteiger partial charge in [-0.25, -0.2) is 18.4 Å². The number of fused-ring (bicyclic) bond motifs is 1. The number of imidazole rings is 1. The van der Waals surface area contributed by atoms with E-state index in [4.69, 9.17) is 14.7 Å². The van der Waals surface area contributed by atoms with Crippen molar-refractivity contribution >= 4 is 38.2 Å². The van der Waals surface area contributed by atoms with Crippen LogP contribution in [0.5, 0.6) is 0 Å². The number of hydrogen-bond acceptors (Lipinski definition) is 7. The Morgan fingerprint density at radius 1 is 1.15 bits per heavy atom. The van der Waals surface area contributed by atoms with Gasteiger partial charge in [0, 0.05) is 25.2 Å². The van der Waals surface area contributed by atoms with Crippen LogP contribution in [0.4, 0.5) is 11.4 Å². The number of ketones is 1. The van der Waals surface area contributed by atoms with Crippen molar-refractivity contribution in [3.8, 4) is 0 Å². The molecule has 5 rings (SSSR count). The number of hydrogen-bond donors (Lipinski definition) is 1. The van der Waals surface area contributed by atoms with E-state index in [1.54, 1.807) is 24.3 Å². The van der Waals surface area contributed by atoms with Crippen LogP contribution in [-0.4, -0.2) is 41.6 Å². The molecular weight excluding hydrogens is 440 g/mol. The number of Topliss-reactive ketones (excluding diaryl/α,β-unsaturated/α-hetero) is 1. The molecule has 3 aromatic rings. The number of carbonyl (C=O) groups excluding carboxylic acids is 1. The normalized spacial score (nSPS) is 19.0. The Hall–Kier alpha value is -2.78. The molecule has 3 heterocycles. The zero-order valence-electron chi connectivity index (χ0n) is 18.9. The van der Waals surface area contributed by atoms with Crippen LogP contribution in [0.2, 0.25) is 0 Å². The Balaban J connectivity index is 1.63. The first-order chi connectivity index (χ1) is 15.8. The van der Waals surface area contributed by atoms with E-state index >= 15 is 0 Å². The monoisotopic (exact) mass is 468 g/mol. The van der Waals surface area contributed by atoms with Gasteiger partial charge in [0.15, 0.2) is 15.5 Å². The molecule has 2 fully saturated rings. The quantitative estimate of drug-likeness (QED) is 0.557. The van der Waals surface area contributed by atoms with Gasteiger partial charge in [0.25, 0.3) is 0 Å². The number of pyridine rings is 1. The van der Waals surface area contributed by atoms with E-state index < -0.39 is 9.84 Å². The number of nitrogens with zero attached hydrogens (tertiary/aromatic N) is 3. The van der Waals surface area contributed by atoms with Crippen molar-refractivity contribution < 1.29 is 17.9 Å². The summed E-state index contributed by atoms with van der Waals surface area (Å²) in [5, 5.41) is 3.28. The highest BCUT2D eigenvalue weighted by molar-refractivity contribution is 7.90. The van der Waals surface area contributed by atoms with E-state index in [-0.39, 0.29) is 29.2 Å². The Morgan fingerprint density at radius 3 is 2.64 bits per heavy atom. The second-order valence-corrected chi connectivity index (χ2v) is 11.0. The second-order valence-electron chi connectivity index (χ2n) is 8.99. The summed E-state index contributed by atoms with van der Waals surface area (Å²) in [6.45, 7) is 2.61. The highest BCUT2D eigenvalue weighted by Crippen LogP contribution is 2.35. The molecule has 2 aliphatic rings. The molecule has 1 N–H and O–H groups in total. The molecule has 1 atom stereocenters. The number of carbonyl (C=O) groups is 1. The van der Waals surface area contributed by atoms with Gasteiger partial charge in [0.2, 0.25) is 0 Å². The van der Waals surface area contributed by atoms with Crippen molar-refractivity contribution in [3.05, 3.63) is 41.9 Å². The number of ether oxygens (including phenoxy) is 1. The average molecular weight is 469 g/mol. The summed E-state index contributed by atoms with van der Waals surface area (Å²) in [5.41, 5.74) is 3.03. The van der Waals surface area contributed by atoms with Crippen molar-refractivity contribution in [1.29, 1.82) is 0 Å². The maximum Gasteiger partial charge on any atom is 0.177 e. The first kappa shape index (κ1) is 22.0. The van der Waals surface area contributed by atoms with Crippen LogP contribution < -0.4 is 5.32 Å². The summed E-state index contributed by atoms with van der Waals surface area (Å²) in [6, 6.07) is 8.61. The fourth-order valence-corrected chi connectivity index (χ4v) is 5.29. The molecule has 1 saturated carbocycles. The van der Waals surface area contributed by atoms with Crippen LogP contribution in [0.3, 0.4) is 0 Å². The van der Waals surface area contributed by atoms with Gasteiger partial charge in [0.05, 0.1) is 22.0 Å². The van der Waals surface area contributed by atoms with Crippen molar-refractivity contribution in [2.24, 2.45) is 5.92 Å². The van der Waals surface area contributed by atoms with Crippen LogP contribution >= 0.6 is 0 Å². The number of rotatable bonds is 7. The van der Waals surface area contributed by atoms with Gasteiger partial charge in [0.1, 0.15) is 23.4 Å². The minimum atomic E-state index is -3.44. The van der Waals surface area contributed by atoms with Crippen LogP contribution in [-0.2, 0) is 25.8 Å². The molecule has 1 aromatic carbocycles. The number of aryl methyl sites for hydroxylation is 1. The summed E-state index contributed by atoms with van der Waals surface area (Å²) in [5.74, 6) is 1.11. The summed E-state index contributed by atoms with van der Waals surface area (Å²) >= 11 is 0. The molecule has 8 nitrogen and oxygen atoms in total. The number of sulfone groups is 1. The van der Waals surface area contributed by atoms with Crippen LogP contribution in [0.25, 0.3) is 11.2 Å². The number of benzene rings is 1. The first-order valence-corrected chi connectivity index (χ1v) is 13.3. The molecule has 174 valence electrons. The maximum absolute atomic E-state index is 12.6. The topological polar surface area (TPSA) is 103 Å². The fraction of sp³-hybridized carbons (Fsp3) is 0.458. The Kier molecular flexibility index (Phi) is 5.70. The third-order valence-corrected chi connectivity index (χ3v) is 7.42. The molecule has 1 saturated heterocycles. The zero-order valence-corrected chi connectivity index (χ0v) is 19.7. The van der Waals surface area contributed by atoms with E-state index in [1.165, 1.54) is 6.26 Å². The Bertz CT molecular complexity index is 1320. The molecule has 33 heavy (non-hydrogen) atoms. The number of anilines is 2. The number of aromatic nitrogens is 3. The lowest BCUT2D eigenvalue weighted by Crippen LogP contribution is -2.19. The van der Waals surface area contributed by atoms with E-state index in [2.05, 4.69) is 5.32 Å². The van der Waals surface area contributed by atoms with Crippen LogP contribution in [0.15, 0.2) is 35.2 Å². The molecule has 0 radical (unpaired) electrons. The minimum absolute atomic E-state index is 0.137. The van der Waals surface area contributed by atoms with Gasteiger partial charge >= 0.3 is 0 Å². The van der Waals surface area contributed by atoms with Crippen molar-refractivity contribution in [3.63, 3.8) is 0 Å². The predicted octanol–water partition coefficient (Wildman–Crippen LogP) is 4.11. The molecular formula is C24H28N4O4S. The van der Waals surface area contributed by atoms with Gasteiger partial charge in [-0.15, -0.1) is 0 Å². The highest BCUT2D eigenvalue weighted by atomic mass is 32.2. The zero-order chi connectivity index (χ0) is 23.2. The van der Waals surface area contributed by atoms with Crippen molar-refractivity contribution in [2.45, 2.75) is 56.6 Å². The molecule has 2 aromatic heterocycles. The summed E-state index contributed by atoms with van der Waals surface area (Å²) in [6.07, 6.45) is 6.15. The minimum Gasteiger partial charge on any atom is -0.358 e. The molecule has 9 heteroatoms. The van der Waals surface area contributed by atoms with E-state index in [9.17, 15) is 13.2 Å². The van der Waals surface area contributed by atoms with Crippen LogP contribution in [0.1, 0.15) is 49.9 Å². The lowest BCUT2D eigenvalue weighted by Gasteiger charge is -2.25.